The molecule has 0 bridgehead atoms. The molecule has 2 amide bonds. The van der Waals surface area contributed by atoms with E-state index in [1.165, 1.54) is 6.92 Å². The fourth-order valence-corrected chi connectivity index (χ4v) is 5.47. The Morgan fingerprint density at radius 1 is 0.884 bits per heavy atom. The number of fused-ring (bicyclic) bond motifs is 1. The van der Waals surface area contributed by atoms with Gasteiger partial charge in [0.15, 0.2) is 12.6 Å². The van der Waals surface area contributed by atoms with Gasteiger partial charge < -0.3 is 34.3 Å². The number of nitrogens with one attached hydrogen (secondary N) is 2. The van der Waals surface area contributed by atoms with Crippen LogP contribution in [0.3, 0.4) is 0 Å². The highest BCUT2D eigenvalue weighted by atomic mass is 16.8. The third-order valence-corrected chi connectivity index (χ3v) is 7.54. The Morgan fingerprint density at radius 2 is 1.51 bits per heavy atom. The zero-order valence-corrected chi connectivity index (χ0v) is 24.8. The summed E-state index contributed by atoms with van der Waals surface area (Å²) in [5.74, 6) is -0.546. The molecule has 3 aromatic carbocycles. The van der Waals surface area contributed by atoms with E-state index in [0.29, 0.717) is 6.42 Å². The van der Waals surface area contributed by atoms with Crippen LogP contribution in [-0.2, 0) is 46.3 Å². The summed E-state index contributed by atoms with van der Waals surface area (Å²) >= 11 is 0. The first-order valence-corrected chi connectivity index (χ1v) is 14.8. The maximum atomic E-state index is 13.3. The van der Waals surface area contributed by atoms with Gasteiger partial charge in [-0.15, -0.1) is 0 Å². The van der Waals surface area contributed by atoms with Gasteiger partial charge in [0, 0.05) is 18.5 Å². The quantitative estimate of drug-likeness (QED) is 0.348. The molecule has 9 nitrogen and oxygen atoms in total. The molecule has 2 N–H and O–H groups in total. The molecule has 0 aromatic heterocycles. The molecular weight excluding hydrogens is 548 g/mol. The van der Waals surface area contributed by atoms with Gasteiger partial charge in [-0.05, 0) is 31.4 Å². The van der Waals surface area contributed by atoms with Crippen molar-refractivity contribution in [2.45, 2.75) is 82.9 Å². The number of amides is 2. The van der Waals surface area contributed by atoms with Gasteiger partial charge >= 0.3 is 0 Å². The van der Waals surface area contributed by atoms with Crippen LogP contribution in [0.15, 0.2) is 91.0 Å². The summed E-state index contributed by atoms with van der Waals surface area (Å²) in [4.78, 5) is 25.8. The molecule has 0 spiro atoms. The van der Waals surface area contributed by atoms with E-state index >= 15 is 0 Å². The number of hydrogen-bond donors (Lipinski definition) is 2. The highest BCUT2D eigenvalue weighted by Gasteiger charge is 2.52. The summed E-state index contributed by atoms with van der Waals surface area (Å²) in [6, 6.07) is 28.4. The van der Waals surface area contributed by atoms with Crippen LogP contribution in [0.1, 0.15) is 43.8 Å². The molecule has 8 atom stereocenters. The average Bonchev–Trinajstić information content (AvgIpc) is 3.02. The van der Waals surface area contributed by atoms with E-state index in [1.807, 2.05) is 97.9 Å². The summed E-state index contributed by atoms with van der Waals surface area (Å²) in [7, 11) is 0. The van der Waals surface area contributed by atoms with Gasteiger partial charge in [-0.25, -0.2) is 0 Å². The Hall–Kier alpha value is -3.60. The molecule has 0 aliphatic carbocycles. The molecule has 2 saturated heterocycles. The molecule has 228 valence electrons. The van der Waals surface area contributed by atoms with Gasteiger partial charge in [0.1, 0.15) is 30.5 Å². The van der Waals surface area contributed by atoms with Gasteiger partial charge in [-0.2, -0.15) is 0 Å². The summed E-state index contributed by atoms with van der Waals surface area (Å²) in [5, 5.41) is 6.02. The van der Waals surface area contributed by atoms with Crippen molar-refractivity contribution in [3.8, 4) is 0 Å². The smallest absolute Gasteiger partial charge is 0.249 e. The summed E-state index contributed by atoms with van der Waals surface area (Å²) < 4.78 is 31.5. The predicted molar refractivity (Wildman–Crippen MR) is 160 cm³/mol. The molecule has 0 radical (unpaired) electrons. The standard InChI is InChI=1S/C34H40N2O7/c1-22(19-25-13-7-4-8-14-25)35-32(38)23(2)41-31-29(36-24(3)37)34(39-20-26-15-9-5-10-16-26)42-28-21-40-33(43-30(28)31)27-17-11-6-12-18-27/h4-18,22-23,28-31,33-34H,19-21H2,1-3H3,(H,35,38)(H,36,37)/t22-,23-,28+,29+,30+,31+,33+,34-/m0/s1. The van der Waals surface area contributed by atoms with Gasteiger partial charge in [-0.3, -0.25) is 9.59 Å². The second-order valence-electron chi connectivity index (χ2n) is 11.1. The maximum Gasteiger partial charge on any atom is 0.249 e. The second-order valence-corrected chi connectivity index (χ2v) is 11.1. The van der Waals surface area contributed by atoms with E-state index in [4.69, 9.17) is 23.7 Å². The number of ether oxygens (including phenoxy) is 5. The van der Waals surface area contributed by atoms with Crippen molar-refractivity contribution in [1.29, 1.82) is 0 Å². The number of carbonyl (C=O) groups excluding carboxylic acids is 2. The number of hydrogen-bond acceptors (Lipinski definition) is 7. The molecule has 0 saturated carbocycles. The second kappa shape index (κ2) is 14.7. The lowest BCUT2D eigenvalue weighted by atomic mass is 9.95. The zero-order valence-electron chi connectivity index (χ0n) is 24.8. The average molecular weight is 589 g/mol. The lowest BCUT2D eigenvalue weighted by Gasteiger charge is -2.49. The largest absolute Gasteiger partial charge is 0.360 e. The summed E-state index contributed by atoms with van der Waals surface area (Å²) in [5.41, 5.74) is 2.93. The molecule has 0 unspecified atom stereocenters. The Kier molecular flexibility index (Phi) is 10.6. The van der Waals surface area contributed by atoms with Crippen LogP contribution in [0.4, 0.5) is 0 Å². The molecular formula is C34H40N2O7. The molecule has 5 rings (SSSR count). The van der Waals surface area contributed by atoms with Crippen LogP contribution in [0, 0.1) is 0 Å². The zero-order chi connectivity index (χ0) is 30.2. The van der Waals surface area contributed by atoms with E-state index in [0.717, 1.165) is 16.7 Å². The fourth-order valence-electron chi connectivity index (χ4n) is 5.47. The fraction of sp³-hybridized carbons (Fsp3) is 0.412. The third-order valence-electron chi connectivity index (χ3n) is 7.54. The highest BCUT2D eigenvalue weighted by molar-refractivity contribution is 5.80. The molecule has 9 heteroatoms. The van der Waals surface area contributed by atoms with Crippen LogP contribution in [0.2, 0.25) is 0 Å². The van der Waals surface area contributed by atoms with E-state index in [2.05, 4.69) is 10.6 Å². The molecule has 2 aliphatic heterocycles. The van der Waals surface area contributed by atoms with Gasteiger partial charge in [0.25, 0.3) is 0 Å². The van der Waals surface area contributed by atoms with Crippen LogP contribution in [0.25, 0.3) is 0 Å². The van der Waals surface area contributed by atoms with Crippen LogP contribution < -0.4 is 10.6 Å². The summed E-state index contributed by atoms with van der Waals surface area (Å²) in [6.07, 6.45) is -3.68. The first-order chi connectivity index (χ1) is 20.9. The van der Waals surface area contributed by atoms with Crippen molar-refractivity contribution in [3.05, 3.63) is 108 Å². The molecule has 3 aromatic rings. The predicted octanol–water partition coefficient (Wildman–Crippen LogP) is 4.07. The molecule has 2 fully saturated rings. The molecule has 43 heavy (non-hydrogen) atoms. The monoisotopic (exact) mass is 588 g/mol. The van der Waals surface area contributed by atoms with Crippen molar-refractivity contribution in [2.75, 3.05) is 6.61 Å². The lowest BCUT2D eigenvalue weighted by Crippen LogP contribution is -2.68. The maximum absolute atomic E-state index is 13.3. The van der Waals surface area contributed by atoms with E-state index in [1.54, 1.807) is 6.92 Å². The topological polar surface area (TPSA) is 104 Å². The van der Waals surface area contributed by atoms with E-state index in [9.17, 15) is 9.59 Å². The van der Waals surface area contributed by atoms with Crippen LogP contribution >= 0.6 is 0 Å². The minimum Gasteiger partial charge on any atom is -0.360 e. The number of carbonyl (C=O) groups is 2. The van der Waals surface area contributed by atoms with Crippen LogP contribution in [-0.4, -0.2) is 61.2 Å². The van der Waals surface area contributed by atoms with E-state index in [-0.39, 0.29) is 31.1 Å². The van der Waals surface area contributed by atoms with Gasteiger partial charge in [0.05, 0.1) is 13.2 Å². The minimum atomic E-state index is -0.872. The Balaban J connectivity index is 1.35. The van der Waals surface area contributed by atoms with Crippen molar-refractivity contribution in [2.24, 2.45) is 0 Å². The summed E-state index contributed by atoms with van der Waals surface area (Å²) in [6.45, 7) is 5.57. The molecule has 2 heterocycles. The van der Waals surface area contributed by atoms with Crippen molar-refractivity contribution < 1.29 is 33.3 Å². The Labute approximate surface area is 252 Å². The first-order valence-electron chi connectivity index (χ1n) is 14.8. The Bertz CT molecular complexity index is 1310. The normalized spacial score (nSPS) is 26.5. The SMILES string of the molecule is CC(=O)N[C@H]1[C@@H](OCc2ccccc2)O[C@@H]2CO[C@@H](c3ccccc3)O[C@H]2[C@@H]1O[C@@H](C)C(=O)N[C@@H](C)Cc1ccccc1. The minimum absolute atomic E-state index is 0.113. The number of benzene rings is 3. The first kappa shape index (κ1) is 30.8. The van der Waals surface area contributed by atoms with Gasteiger partial charge in [0.2, 0.25) is 11.8 Å². The van der Waals surface area contributed by atoms with Crippen LogP contribution in [0.5, 0.6) is 0 Å². The van der Waals surface area contributed by atoms with Crippen molar-refractivity contribution in [3.63, 3.8) is 0 Å². The Morgan fingerprint density at radius 3 is 2.16 bits per heavy atom. The number of rotatable bonds is 11. The lowest BCUT2D eigenvalue weighted by molar-refractivity contribution is -0.351. The highest BCUT2D eigenvalue weighted by Crippen LogP contribution is 2.36. The molecule has 2 aliphatic rings. The van der Waals surface area contributed by atoms with Crippen molar-refractivity contribution in [1.82, 2.24) is 10.6 Å². The van der Waals surface area contributed by atoms with Crippen molar-refractivity contribution >= 4 is 11.8 Å². The van der Waals surface area contributed by atoms with Gasteiger partial charge in [-0.1, -0.05) is 91.0 Å². The third kappa shape index (κ3) is 8.28. The van der Waals surface area contributed by atoms with E-state index < -0.39 is 43.0 Å².